The molecule has 1 aromatic rings. The topological polar surface area (TPSA) is 41.9 Å². The Balaban J connectivity index is 1.80. The number of aliphatic hydroxyl groups is 1. The molecular weight excluding hydrogens is 278 g/mol. The Labute approximate surface area is 134 Å². The molecule has 0 aromatic heterocycles. The maximum Gasteiger partial charge on any atom is 0.0948 e. The molecule has 1 aromatic carbocycles. The third-order valence-electron chi connectivity index (χ3n) is 4.03. The molecule has 4 nitrogen and oxygen atoms in total. The average Bonchev–Trinajstić information content (AvgIpc) is 2.99. The van der Waals surface area contributed by atoms with Crippen LogP contribution in [0.5, 0.6) is 0 Å². The van der Waals surface area contributed by atoms with E-state index in [1.54, 1.807) is 0 Å². The van der Waals surface area contributed by atoms with Crippen LogP contribution in [0, 0.1) is 6.92 Å². The zero-order valence-electron chi connectivity index (χ0n) is 14.0. The van der Waals surface area contributed by atoms with Gasteiger partial charge in [0.25, 0.3) is 0 Å². The zero-order chi connectivity index (χ0) is 15.9. The highest BCUT2D eigenvalue weighted by molar-refractivity contribution is 5.48. The molecule has 1 aliphatic rings. The second-order valence-electron chi connectivity index (χ2n) is 6.41. The number of hydrogen-bond acceptors (Lipinski definition) is 4. The number of rotatable bonds is 8. The summed E-state index contributed by atoms with van der Waals surface area (Å²) in [6.45, 7) is 8.71. The molecule has 2 unspecified atom stereocenters. The molecule has 4 heteroatoms. The molecule has 0 amide bonds. The lowest BCUT2D eigenvalue weighted by atomic mass is 10.1. The maximum absolute atomic E-state index is 10.3. The quantitative estimate of drug-likeness (QED) is 0.802. The second-order valence-corrected chi connectivity index (χ2v) is 6.41. The maximum atomic E-state index is 10.3. The van der Waals surface area contributed by atoms with Gasteiger partial charge >= 0.3 is 0 Å². The molecule has 2 rings (SSSR count). The first kappa shape index (κ1) is 17.3. The lowest BCUT2D eigenvalue weighted by Gasteiger charge is -2.31. The Morgan fingerprint density at radius 2 is 2.05 bits per heavy atom. The van der Waals surface area contributed by atoms with Crippen molar-refractivity contribution < 1.29 is 14.6 Å². The molecule has 0 radical (unpaired) electrons. The number of nitrogens with zero attached hydrogens (tertiary/aromatic N) is 1. The van der Waals surface area contributed by atoms with E-state index in [1.807, 2.05) is 0 Å². The van der Waals surface area contributed by atoms with E-state index in [0.29, 0.717) is 25.8 Å². The molecular formula is C18H29NO3. The molecule has 1 fully saturated rings. The summed E-state index contributed by atoms with van der Waals surface area (Å²) in [4.78, 5) is 2.21. The normalized spacial score (nSPS) is 19.6. The van der Waals surface area contributed by atoms with E-state index < -0.39 is 6.10 Å². The molecule has 0 saturated carbocycles. The van der Waals surface area contributed by atoms with Crippen LogP contribution in [0.25, 0.3) is 0 Å². The average molecular weight is 307 g/mol. The first-order valence-electron chi connectivity index (χ1n) is 8.27. The third kappa shape index (κ3) is 5.27. The Bertz CT molecular complexity index is 426. The zero-order valence-corrected chi connectivity index (χ0v) is 14.0. The summed E-state index contributed by atoms with van der Waals surface area (Å²) in [6.07, 6.45) is 1.90. The van der Waals surface area contributed by atoms with E-state index in [1.165, 1.54) is 5.56 Å². The van der Waals surface area contributed by atoms with E-state index in [2.05, 4.69) is 49.9 Å². The fourth-order valence-corrected chi connectivity index (χ4v) is 2.74. The van der Waals surface area contributed by atoms with Crippen LogP contribution < -0.4 is 4.90 Å². The van der Waals surface area contributed by atoms with Crippen molar-refractivity contribution >= 4 is 5.69 Å². The van der Waals surface area contributed by atoms with E-state index >= 15 is 0 Å². The third-order valence-corrected chi connectivity index (χ3v) is 4.03. The SMILES string of the molecule is Cc1ccc(N(CC(O)COCC2CCCO2)C(C)C)cc1. The van der Waals surface area contributed by atoms with Crippen LogP contribution in [-0.4, -0.2) is 49.7 Å². The van der Waals surface area contributed by atoms with Crippen molar-refractivity contribution in [2.45, 2.75) is 51.9 Å². The van der Waals surface area contributed by atoms with Gasteiger partial charge in [-0.2, -0.15) is 0 Å². The van der Waals surface area contributed by atoms with Crippen molar-refractivity contribution in [2.24, 2.45) is 0 Å². The van der Waals surface area contributed by atoms with Gasteiger partial charge in [0.1, 0.15) is 0 Å². The summed E-state index contributed by atoms with van der Waals surface area (Å²) in [7, 11) is 0. The monoisotopic (exact) mass is 307 g/mol. The number of aryl methyl sites for hydroxylation is 1. The van der Waals surface area contributed by atoms with Crippen molar-refractivity contribution in [3.05, 3.63) is 29.8 Å². The van der Waals surface area contributed by atoms with Crippen LogP contribution in [-0.2, 0) is 9.47 Å². The minimum atomic E-state index is -0.495. The number of benzene rings is 1. The highest BCUT2D eigenvalue weighted by atomic mass is 16.5. The van der Waals surface area contributed by atoms with Crippen molar-refractivity contribution in [2.75, 3.05) is 31.3 Å². The van der Waals surface area contributed by atoms with Crippen molar-refractivity contribution in [3.63, 3.8) is 0 Å². The molecule has 0 spiro atoms. The standard InChI is InChI=1S/C18H29NO3/c1-14(2)19(16-8-6-15(3)7-9-16)11-17(20)12-21-13-18-5-4-10-22-18/h6-9,14,17-18,20H,4-5,10-13H2,1-3H3. The largest absolute Gasteiger partial charge is 0.389 e. The van der Waals surface area contributed by atoms with Gasteiger partial charge in [0.2, 0.25) is 0 Å². The summed E-state index contributed by atoms with van der Waals surface area (Å²) in [5.41, 5.74) is 2.38. The van der Waals surface area contributed by atoms with Gasteiger partial charge in [-0.15, -0.1) is 0 Å². The Kier molecular flexibility index (Phi) is 6.68. The molecule has 1 N–H and O–H groups in total. The lowest BCUT2D eigenvalue weighted by Crippen LogP contribution is -2.39. The summed E-state index contributed by atoms with van der Waals surface area (Å²) in [5.74, 6) is 0. The number of hydrogen-bond donors (Lipinski definition) is 1. The molecule has 0 aliphatic carbocycles. The Hall–Kier alpha value is -1.10. The van der Waals surface area contributed by atoms with Crippen molar-refractivity contribution in [3.8, 4) is 0 Å². The predicted molar refractivity (Wildman–Crippen MR) is 89.5 cm³/mol. The molecule has 22 heavy (non-hydrogen) atoms. The number of anilines is 1. The van der Waals surface area contributed by atoms with Gasteiger partial charge in [0.05, 0.1) is 25.4 Å². The molecule has 1 aliphatic heterocycles. The van der Waals surface area contributed by atoms with Crippen LogP contribution in [0.2, 0.25) is 0 Å². The van der Waals surface area contributed by atoms with Gasteiger partial charge in [0, 0.05) is 24.9 Å². The van der Waals surface area contributed by atoms with Crippen LogP contribution in [0.1, 0.15) is 32.3 Å². The van der Waals surface area contributed by atoms with Gasteiger partial charge in [-0.1, -0.05) is 17.7 Å². The molecule has 1 saturated heterocycles. The van der Waals surface area contributed by atoms with Gasteiger partial charge in [-0.05, 0) is 45.7 Å². The van der Waals surface area contributed by atoms with Crippen LogP contribution in [0.4, 0.5) is 5.69 Å². The summed E-state index contributed by atoms with van der Waals surface area (Å²) in [6, 6.07) is 8.75. The van der Waals surface area contributed by atoms with Crippen LogP contribution in [0.15, 0.2) is 24.3 Å². The minimum Gasteiger partial charge on any atom is -0.389 e. The highest BCUT2D eigenvalue weighted by Crippen LogP contribution is 2.18. The molecule has 124 valence electrons. The van der Waals surface area contributed by atoms with Crippen molar-refractivity contribution in [1.29, 1.82) is 0 Å². The molecule has 2 atom stereocenters. The van der Waals surface area contributed by atoms with E-state index in [4.69, 9.17) is 9.47 Å². The van der Waals surface area contributed by atoms with E-state index in [-0.39, 0.29) is 6.10 Å². The van der Waals surface area contributed by atoms with Crippen LogP contribution in [0.3, 0.4) is 0 Å². The van der Waals surface area contributed by atoms with Gasteiger partial charge in [-0.3, -0.25) is 0 Å². The van der Waals surface area contributed by atoms with Gasteiger partial charge in [0.15, 0.2) is 0 Å². The number of ether oxygens (including phenoxy) is 2. The fourth-order valence-electron chi connectivity index (χ4n) is 2.74. The minimum absolute atomic E-state index is 0.213. The van der Waals surface area contributed by atoms with E-state index in [9.17, 15) is 5.11 Å². The van der Waals surface area contributed by atoms with E-state index in [0.717, 1.165) is 25.1 Å². The fraction of sp³-hybridized carbons (Fsp3) is 0.667. The first-order chi connectivity index (χ1) is 10.6. The summed E-state index contributed by atoms with van der Waals surface area (Å²) in [5, 5.41) is 10.3. The first-order valence-corrected chi connectivity index (χ1v) is 8.27. The second kappa shape index (κ2) is 8.51. The van der Waals surface area contributed by atoms with Crippen LogP contribution >= 0.6 is 0 Å². The molecule has 1 heterocycles. The predicted octanol–water partition coefficient (Wildman–Crippen LogP) is 2.77. The van der Waals surface area contributed by atoms with Crippen molar-refractivity contribution in [1.82, 2.24) is 0 Å². The number of aliphatic hydroxyl groups excluding tert-OH is 1. The lowest BCUT2D eigenvalue weighted by molar-refractivity contribution is -0.0152. The highest BCUT2D eigenvalue weighted by Gasteiger charge is 2.18. The van der Waals surface area contributed by atoms with Gasteiger partial charge < -0.3 is 19.5 Å². The van der Waals surface area contributed by atoms with Gasteiger partial charge in [-0.25, -0.2) is 0 Å². The Morgan fingerprint density at radius 3 is 2.64 bits per heavy atom. The Morgan fingerprint density at radius 1 is 1.32 bits per heavy atom. The molecule has 0 bridgehead atoms. The summed E-state index contributed by atoms with van der Waals surface area (Å²) >= 11 is 0. The smallest absolute Gasteiger partial charge is 0.0948 e. The summed E-state index contributed by atoms with van der Waals surface area (Å²) < 4.78 is 11.1.